The van der Waals surface area contributed by atoms with E-state index in [0.717, 1.165) is 16.8 Å². The van der Waals surface area contributed by atoms with Gasteiger partial charge in [0.15, 0.2) is 0 Å². The minimum absolute atomic E-state index is 0.244. The van der Waals surface area contributed by atoms with Crippen molar-refractivity contribution in [1.82, 2.24) is 10.2 Å². The molecule has 1 N–H and O–H groups in total. The van der Waals surface area contributed by atoms with Crippen LogP contribution in [-0.4, -0.2) is 42.4 Å². The molecule has 4 amide bonds. The van der Waals surface area contributed by atoms with E-state index in [1.165, 1.54) is 4.90 Å². The van der Waals surface area contributed by atoms with Crippen LogP contribution < -0.4 is 10.2 Å². The Labute approximate surface area is 141 Å². The molecule has 0 aromatic heterocycles. The fraction of sp³-hybridized carbons (Fsp3) is 0.500. The van der Waals surface area contributed by atoms with E-state index < -0.39 is 17.4 Å². The average Bonchev–Trinajstić information content (AvgIpc) is 2.52. The minimum Gasteiger partial charge on any atom is -0.373 e. The lowest BCUT2D eigenvalue weighted by atomic mass is 9.74. The quantitative estimate of drug-likeness (QED) is 0.841. The summed E-state index contributed by atoms with van der Waals surface area (Å²) in [5, 5.41) is 2.40. The first-order chi connectivity index (χ1) is 11.3. The highest BCUT2D eigenvalue weighted by Gasteiger charge is 2.56. The van der Waals surface area contributed by atoms with E-state index in [-0.39, 0.29) is 18.5 Å². The molecule has 6 nitrogen and oxygen atoms in total. The molecule has 1 spiro atoms. The Morgan fingerprint density at radius 3 is 2.67 bits per heavy atom. The number of aryl methyl sites for hydroxylation is 1. The first-order valence-corrected chi connectivity index (χ1v) is 8.30. The van der Waals surface area contributed by atoms with Crippen LogP contribution in [0.4, 0.5) is 10.5 Å². The molecule has 2 aliphatic heterocycles. The summed E-state index contributed by atoms with van der Waals surface area (Å²) in [6, 6.07) is 5.19. The van der Waals surface area contributed by atoms with Crippen LogP contribution in [0.3, 0.4) is 0 Å². The third-order valence-electron chi connectivity index (χ3n) is 5.18. The monoisotopic (exact) mass is 329 g/mol. The molecule has 0 saturated carbocycles. The number of anilines is 1. The molecule has 24 heavy (non-hydrogen) atoms. The maximum absolute atomic E-state index is 13.2. The molecule has 1 aromatic rings. The predicted molar refractivity (Wildman–Crippen MR) is 90.7 cm³/mol. The number of benzene rings is 1. The molecule has 0 radical (unpaired) electrons. The summed E-state index contributed by atoms with van der Waals surface area (Å²) in [7, 11) is 1.87. The molecule has 3 rings (SSSR count). The molecular weight excluding hydrogens is 306 g/mol. The second-order valence-electron chi connectivity index (χ2n) is 6.94. The van der Waals surface area contributed by atoms with Crippen molar-refractivity contribution in [2.75, 3.05) is 18.5 Å². The smallest absolute Gasteiger partial charge is 0.331 e. The lowest BCUT2D eigenvalue weighted by Crippen LogP contribution is -2.69. The van der Waals surface area contributed by atoms with Crippen molar-refractivity contribution in [2.45, 2.75) is 39.7 Å². The van der Waals surface area contributed by atoms with Crippen molar-refractivity contribution in [3.8, 4) is 0 Å². The number of rotatable bonds is 2. The van der Waals surface area contributed by atoms with Gasteiger partial charge in [-0.1, -0.05) is 24.6 Å². The van der Waals surface area contributed by atoms with E-state index in [9.17, 15) is 14.4 Å². The fourth-order valence-corrected chi connectivity index (χ4v) is 3.67. The molecule has 1 aromatic carbocycles. The van der Waals surface area contributed by atoms with E-state index in [1.54, 1.807) is 0 Å². The Morgan fingerprint density at radius 1 is 1.29 bits per heavy atom. The third-order valence-corrected chi connectivity index (χ3v) is 5.18. The Bertz CT molecular complexity index is 730. The van der Waals surface area contributed by atoms with Crippen LogP contribution >= 0.6 is 0 Å². The van der Waals surface area contributed by atoms with Gasteiger partial charge in [-0.05, 0) is 38.3 Å². The van der Waals surface area contributed by atoms with E-state index in [0.29, 0.717) is 12.8 Å². The van der Waals surface area contributed by atoms with Crippen LogP contribution in [0.15, 0.2) is 18.2 Å². The number of nitrogens with one attached hydrogen (secondary N) is 1. The molecule has 2 heterocycles. The van der Waals surface area contributed by atoms with Gasteiger partial charge in [0.25, 0.3) is 0 Å². The summed E-state index contributed by atoms with van der Waals surface area (Å²) >= 11 is 0. The van der Waals surface area contributed by atoms with Crippen molar-refractivity contribution in [3.63, 3.8) is 0 Å². The van der Waals surface area contributed by atoms with E-state index in [4.69, 9.17) is 0 Å². The largest absolute Gasteiger partial charge is 0.373 e. The van der Waals surface area contributed by atoms with Crippen LogP contribution in [0, 0.1) is 12.3 Å². The number of imide groups is 2. The van der Waals surface area contributed by atoms with Crippen molar-refractivity contribution in [3.05, 3.63) is 29.3 Å². The molecule has 0 unspecified atom stereocenters. The van der Waals surface area contributed by atoms with Gasteiger partial charge in [-0.2, -0.15) is 0 Å². The lowest BCUT2D eigenvalue weighted by molar-refractivity contribution is -0.152. The Hall–Kier alpha value is -2.37. The number of nitrogens with zero attached hydrogens (tertiary/aromatic N) is 2. The predicted octanol–water partition coefficient (Wildman–Crippen LogP) is 1.85. The molecule has 2 aliphatic rings. The molecule has 0 bridgehead atoms. The van der Waals surface area contributed by atoms with Gasteiger partial charge in [0.05, 0.1) is 0 Å². The first-order valence-electron chi connectivity index (χ1n) is 8.30. The van der Waals surface area contributed by atoms with E-state index in [1.807, 2.05) is 50.9 Å². The van der Waals surface area contributed by atoms with Gasteiger partial charge in [-0.15, -0.1) is 0 Å². The zero-order valence-electron chi connectivity index (χ0n) is 14.5. The highest BCUT2D eigenvalue weighted by atomic mass is 16.2. The molecular formula is C18H23N3O3. The van der Waals surface area contributed by atoms with Gasteiger partial charge in [-0.25, -0.2) is 4.79 Å². The SMILES string of the molecule is CC[C@@H](C)N1C(=O)NC(=O)[C@@]2(Cc3cc(C)ccc3N(C)C2)C1=O. The van der Waals surface area contributed by atoms with Crippen LogP contribution in [0.5, 0.6) is 0 Å². The zero-order valence-corrected chi connectivity index (χ0v) is 14.5. The number of barbiturate groups is 1. The topological polar surface area (TPSA) is 69.7 Å². The highest BCUT2D eigenvalue weighted by Crippen LogP contribution is 2.40. The summed E-state index contributed by atoms with van der Waals surface area (Å²) in [5.74, 6) is -0.874. The number of fused-ring (bicyclic) bond motifs is 1. The molecule has 1 saturated heterocycles. The van der Waals surface area contributed by atoms with Gasteiger partial charge in [-0.3, -0.25) is 19.8 Å². The van der Waals surface area contributed by atoms with Gasteiger partial charge >= 0.3 is 6.03 Å². The lowest BCUT2D eigenvalue weighted by Gasteiger charge is -2.46. The van der Waals surface area contributed by atoms with Crippen LogP contribution in [0.2, 0.25) is 0 Å². The van der Waals surface area contributed by atoms with Crippen molar-refractivity contribution >= 4 is 23.5 Å². The standard InChI is InChI=1S/C18H23N3O3/c1-5-12(3)21-16(23)18(15(22)19-17(21)24)9-13-8-11(2)6-7-14(13)20(4)10-18/h6-8,12H,5,9-10H2,1-4H3,(H,19,22,24)/t12-,18+/m1/s1. The Morgan fingerprint density at radius 2 is 2.00 bits per heavy atom. The summed E-state index contributed by atoms with van der Waals surface area (Å²) in [4.78, 5) is 41.2. The van der Waals surface area contributed by atoms with Gasteiger partial charge in [0.1, 0.15) is 5.41 Å². The maximum Gasteiger partial charge on any atom is 0.331 e. The summed E-state index contributed by atoms with van der Waals surface area (Å²) in [6.45, 7) is 6.00. The number of carbonyl (C=O) groups is 3. The number of amides is 4. The minimum atomic E-state index is -1.24. The van der Waals surface area contributed by atoms with Crippen LogP contribution in [-0.2, 0) is 16.0 Å². The average molecular weight is 329 g/mol. The fourth-order valence-electron chi connectivity index (χ4n) is 3.67. The number of urea groups is 1. The summed E-state index contributed by atoms with van der Waals surface area (Å²) < 4.78 is 0. The Kier molecular flexibility index (Phi) is 3.86. The summed E-state index contributed by atoms with van der Waals surface area (Å²) in [5.41, 5.74) is 1.83. The molecule has 128 valence electrons. The van der Waals surface area contributed by atoms with Crippen molar-refractivity contribution in [2.24, 2.45) is 5.41 Å². The molecule has 0 aliphatic carbocycles. The number of hydrogen-bond acceptors (Lipinski definition) is 4. The highest BCUT2D eigenvalue weighted by molar-refractivity contribution is 6.20. The van der Waals surface area contributed by atoms with Crippen molar-refractivity contribution in [1.29, 1.82) is 0 Å². The number of carbonyl (C=O) groups excluding carboxylic acids is 3. The first kappa shape index (κ1) is 16.5. The van der Waals surface area contributed by atoms with Gasteiger partial charge in [0, 0.05) is 25.3 Å². The van der Waals surface area contributed by atoms with Crippen LogP contribution in [0.1, 0.15) is 31.4 Å². The normalized spacial score (nSPS) is 24.9. The van der Waals surface area contributed by atoms with E-state index in [2.05, 4.69) is 5.32 Å². The second-order valence-corrected chi connectivity index (χ2v) is 6.94. The van der Waals surface area contributed by atoms with Crippen LogP contribution in [0.25, 0.3) is 0 Å². The van der Waals surface area contributed by atoms with Gasteiger partial charge in [0.2, 0.25) is 11.8 Å². The maximum atomic E-state index is 13.2. The summed E-state index contributed by atoms with van der Waals surface area (Å²) in [6.07, 6.45) is 0.966. The molecule has 6 heteroatoms. The molecule has 1 fully saturated rings. The molecule has 2 atom stereocenters. The second kappa shape index (κ2) is 5.61. The van der Waals surface area contributed by atoms with Crippen molar-refractivity contribution < 1.29 is 14.4 Å². The Balaban J connectivity index is 2.07. The van der Waals surface area contributed by atoms with E-state index >= 15 is 0 Å². The zero-order chi connectivity index (χ0) is 17.6. The number of hydrogen-bond donors (Lipinski definition) is 1. The van der Waals surface area contributed by atoms with Gasteiger partial charge < -0.3 is 4.90 Å². The third kappa shape index (κ3) is 2.28.